The molecule has 0 aliphatic carbocycles. The lowest BCUT2D eigenvalue weighted by atomic mass is 10.4. The van der Waals surface area contributed by atoms with Gasteiger partial charge in [0.25, 0.3) is 10.0 Å². The van der Waals surface area contributed by atoms with Crippen molar-refractivity contribution >= 4 is 10.0 Å². The molecule has 0 bridgehead atoms. The smallest absolute Gasteiger partial charge is 0.261 e. The maximum atomic E-state index is 13.2. The van der Waals surface area contributed by atoms with E-state index in [0.29, 0.717) is 6.42 Å². The molecule has 1 aromatic heterocycles. The number of sulfonamides is 1. The fourth-order valence-electron chi connectivity index (χ4n) is 1.24. The lowest BCUT2D eigenvalue weighted by molar-refractivity contribution is 0.399. The zero-order valence-electron chi connectivity index (χ0n) is 9.85. The van der Waals surface area contributed by atoms with Crippen LogP contribution in [0, 0.1) is 5.82 Å². The summed E-state index contributed by atoms with van der Waals surface area (Å²) in [4.78, 5) is 5.47. The largest absolute Gasteiger partial charge is 0.309 e. The second-order valence-corrected chi connectivity index (χ2v) is 5.53. The molecule has 0 aliphatic heterocycles. The normalized spacial score (nSPS) is 12.0. The first-order chi connectivity index (χ1) is 7.93. The van der Waals surface area contributed by atoms with Gasteiger partial charge in [0.05, 0.1) is 0 Å². The molecule has 1 aromatic rings. The lowest BCUT2D eigenvalue weighted by Crippen LogP contribution is -2.28. The van der Waals surface area contributed by atoms with Crippen LogP contribution in [0.4, 0.5) is 4.39 Å². The molecule has 0 amide bonds. The Morgan fingerprint density at radius 3 is 2.76 bits per heavy atom. The van der Waals surface area contributed by atoms with Crippen LogP contribution in [0.1, 0.15) is 6.42 Å². The van der Waals surface area contributed by atoms with E-state index in [1.165, 1.54) is 12.3 Å². The van der Waals surface area contributed by atoms with E-state index in [1.54, 1.807) is 0 Å². The van der Waals surface area contributed by atoms with Crippen molar-refractivity contribution in [3.8, 4) is 0 Å². The van der Waals surface area contributed by atoms with E-state index in [1.807, 2.05) is 19.0 Å². The second kappa shape index (κ2) is 6.04. The van der Waals surface area contributed by atoms with Crippen LogP contribution in [0.25, 0.3) is 0 Å². The van der Waals surface area contributed by atoms with E-state index in [-0.39, 0.29) is 6.54 Å². The topological polar surface area (TPSA) is 62.3 Å². The van der Waals surface area contributed by atoms with E-state index < -0.39 is 20.9 Å². The van der Waals surface area contributed by atoms with Crippen molar-refractivity contribution in [1.29, 1.82) is 0 Å². The zero-order chi connectivity index (χ0) is 12.9. The molecule has 0 aromatic carbocycles. The summed E-state index contributed by atoms with van der Waals surface area (Å²) in [5.41, 5.74) is 0. The molecule has 0 atom stereocenters. The fourth-order valence-corrected chi connectivity index (χ4v) is 2.31. The molecule has 0 spiro atoms. The van der Waals surface area contributed by atoms with Gasteiger partial charge in [-0.2, -0.15) is 0 Å². The third-order valence-electron chi connectivity index (χ3n) is 2.05. The molecule has 5 nitrogen and oxygen atoms in total. The van der Waals surface area contributed by atoms with E-state index in [4.69, 9.17) is 0 Å². The minimum atomic E-state index is -3.84. The maximum Gasteiger partial charge on any atom is 0.261 e. The van der Waals surface area contributed by atoms with Crippen LogP contribution in [-0.4, -0.2) is 45.5 Å². The molecule has 0 fully saturated rings. The van der Waals surface area contributed by atoms with Crippen LogP contribution in [0.3, 0.4) is 0 Å². The van der Waals surface area contributed by atoms with Gasteiger partial charge < -0.3 is 4.90 Å². The second-order valence-electron chi connectivity index (χ2n) is 3.84. The zero-order valence-corrected chi connectivity index (χ0v) is 10.7. The van der Waals surface area contributed by atoms with Crippen LogP contribution in [0.15, 0.2) is 23.4 Å². The highest BCUT2D eigenvalue weighted by Crippen LogP contribution is 2.09. The van der Waals surface area contributed by atoms with Crippen molar-refractivity contribution in [2.75, 3.05) is 27.2 Å². The Balaban J connectivity index is 2.61. The molecular formula is C10H16FN3O2S. The predicted molar refractivity (Wildman–Crippen MR) is 62.6 cm³/mol. The van der Waals surface area contributed by atoms with Gasteiger partial charge in [-0.05, 0) is 39.2 Å². The summed E-state index contributed by atoms with van der Waals surface area (Å²) in [5.74, 6) is -0.840. The van der Waals surface area contributed by atoms with Crippen molar-refractivity contribution in [2.24, 2.45) is 0 Å². The average Bonchev–Trinajstić information content (AvgIpc) is 2.24. The molecule has 0 saturated heterocycles. The van der Waals surface area contributed by atoms with Crippen LogP contribution in [-0.2, 0) is 10.0 Å². The number of pyridine rings is 1. The van der Waals surface area contributed by atoms with Crippen molar-refractivity contribution in [3.05, 3.63) is 24.1 Å². The van der Waals surface area contributed by atoms with E-state index >= 15 is 0 Å². The van der Waals surface area contributed by atoms with E-state index in [2.05, 4.69) is 9.71 Å². The molecule has 0 radical (unpaired) electrons. The minimum Gasteiger partial charge on any atom is -0.309 e. The molecule has 96 valence electrons. The number of nitrogens with zero attached hydrogens (tertiary/aromatic N) is 2. The Bertz CT molecular complexity index is 462. The Hall–Kier alpha value is -1.05. The van der Waals surface area contributed by atoms with Gasteiger partial charge in [-0.1, -0.05) is 0 Å². The number of halogens is 1. The summed E-state index contributed by atoms with van der Waals surface area (Å²) in [6, 6.07) is 2.42. The van der Waals surface area contributed by atoms with Gasteiger partial charge in [0.15, 0.2) is 5.82 Å². The van der Waals surface area contributed by atoms with Gasteiger partial charge >= 0.3 is 0 Å². The molecule has 0 unspecified atom stereocenters. The summed E-state index contributed by atoms with van der Waals surface area (Å²) < 4.78 is 38.9. The predicted octanol–water partition coefficient (Wildman–Crippen LogP) is 0.451. The van der Waals surface area contributed by atoms with Crippen LogP contribution >= 0.6 is 0 Å². The molecule has 7 heteroatoms. The van der Waals surface area contributed by atoms with Crippen molar-refractivity contribution in [1.82, 2.24) is 14.6 Å². The quantitative estimate of drug-likeness (QED) is 0.755. The van der Waals surface area contributed by atoms with Gasteiger partial charge in [-0.25, -0.2) is 22.5 Å². The molecule has 0 saturated carbocycles. The number of hydrogen-bond acceptors (Lipinski definition) is 4. The molecule has 1 heterocycles. The van der Waals surface area contributed by atoms with Crippen molar-refractivity contribution in [2.45, 2.75) is 11.4 Å². The first-order valence-corrected chi connectivity index (χ1v) is 6.67. The SMILES string of the molecule is CN(C)CCCNS(=O)(=O)c1ncccc1F. The van der Waals surface area contributed by atoms with Crippen LogP contribution < -0.4 is 4.72 Å². The Morgan fingerprint density at radius 2 is 2.18 bits per heavy atom. The van der Waals surface area contributed by atoms with Gasteiger partial charge in [0, 0.05) is 12.7 Å². The highest BCUT2D eigenvalue weighted by atomic mass is 32.2. The molecule has 0 aliphatic rings. The van der Waals surface area contributed by atoms with Gasteiger partial charge in [-0.3, -0.25) is 0 Å². The number of aromatic nitrogens is 1. The Kier molecular flexibility index (Phi) is 4.98. The summed E-state index contributed by atoms with van der Waals surface area (Å²) in [6.07, 6.45) is 1.90. The summed E-state index contributed by atoms with van der Waals surface area (Å²) >= 11 is 0. The van der Waals surface area contributed by atoms with E-state index in [0.717, 1.165) is 12.6 Å². The van der Waals surface area contributed by atoms with Gasteiger partial charge in [-0.15, -0.1) is 0 Å². The lowest BCUT2D eigenvalue weighted by Gasteiger charge is -2.10. The maximum absolute atomic E-state index is 13.2. The summed E-state index contributed by atoms with van der Waals surface area (Å²) in [7, 11) is -0.0520. The molecular weight excluding hydrogens is 245 g/mol. The number of hydrogen-bond donors (Lipinski definition) is 1. The monoisotopic (exact) mass is 261 g/mol. The van der Waals surface area contributed by atoms with E-state index in [9.17, 15) is 12.8 Å². The molecule has 1 rings (SSSR count). The summed E-state index contributed by atoms with van der Waals surface area (Å²) in [6.45, 7) is 1.02. The Morgan fingerprint density at radius 1 is 1.47 bits per heavy atom. The standard InChI is InChI=1S/C10H16FN3O2S/c1-14(2)8-4-7-13-17(15,16)10-9(11)5-3-6-12-10/h3,5-6,13H,4,7-8H2,1-2H3. The fraction of sp³-hybridized carbons (Fsp3) is 0.500. The van der Waals surface area contributed by atoms with Crippen LogP contribution in [0.5, 0.6) is 0 Å². The van der Waals surface area contributed by atoms with Crippen molar-refractivity contribution in [3.63, 3.8) is 0 Å². The molecule has 17 heavy (non-hydrogen) atoms. The number of nitrogens with one attached hydrogen (secondary N) is 1. The highest BCUT2D eigenvalue weighted by Gasteiger charge is 2.19. The molecule has 1 N–H and O–H groups in total. The highest BCUT2D eigenvalue weighted by molar-refractivity contribution is 7.89. The minimum absolute atomic E-state index is 0.260. The third kappa shape index (κ3) is 4.37. The average molecular weight is 261 g/mol. The van der Waals surface area contributed by atoms with Gasteiger partial charge in [0.2, 0.25) is 5.03 Å². The first-order valence-electron chi connectivity index (χ1n) is 5.18. The van der Waals surface area contributed by atoms with Crippen molar-refractivity contribution < 1.29 is 12.8 Å². The summed E-state index contributed by atoms with van der Waals surface area (Å²) in [5, 5.41) is -0.551. The van der Waals surface area contributed by atoms with Gasteiger partial charge in [0.1, 0.15) is 0 Å². The van der Waals surface area contributed by atoms with Crippen LogP contribution in [0.2, 0.25) is 0 Å². The third-order valence-corrected chi connectivity index (χ3v) is 3.45. The number of rotatable bonds is 6. The Labute approximate surface area is 101 Å². The first kappa shape index (κ1) is 14.0.